The minimum absolute atomic E-state index is 0.169. The van der Waals surface area contributed by atoms with Gasteiger partial charge in [0.15, 0.2) is 0 Å². The summed E-state index contributed by atoms with van der Waals surface area (Å²) in [6, 6.07) is 1.75. The van der Waals surface area contributed by atoms with Gasteiger partial charge in [-0.25, -0.2) is 4.79 Å². The van der Waals surface area contributed by atoms with Crippen LogP contribution in [-0.2, 0) is 21.6 Å². The van der Waals surface area contributed by atoms with Crippen LogP contribution in [0, 0.1) is 5.92 Å². The van der Waals surface area contributed by atoms with Crippen molar-refractivity contribution >= 4 is 23.3 Å². The molecule has 2 heterocycles. The van der Waals surface area contributed by atoms with Crippen molar-refractivity contribution in [2.24, 2.45) is 5.92 Å². The van der Waals surface area contributed by atoms with E-state index in [-0.39, 0.29) is 12.6 Å². The molecule has 2 N–H and O–H groups in total. The maximum Gasteiger partial charge on any atom is 0.317 e. The van der Waals surface area contributed by atoms with Gasteiger partial charge >= 0.3 is 12.0 Å². The first-order valence-corrected chi connectivity index (χ1v) is 8.14. The molecule has 1 aliphatic rings. The number of aliphatic carboxylic acids is 1. The Labute approximate surface area is 134 Å². The molecule has 0 aromatic carbocycles. The maximum absolute atomic E-state index is 12.1. The third-order valence-corrected chi connectivity index (χ3v) is 4.94. The molecule has 7 heteroatoms. The van der Waals surface area contributed by atoms with Crippen molar-refractivity contribution in [3.8, 4) is 0 Å². The van der Waals surface area contributed by atoms with E-state index in [0.29, 0.717) is 13.2 Å². The second-order valence-corrected chi connectivity index (χ2v) is 6.87. The summed E-state index contributed by atoms with van der Waals surface area (Å²) >= 11 is 1.71. The Hall–Kier alpha value is -1.60. The molecule has 0 fully saturated rings. The van der Waals surface area contributed by atoms with Gasteiger partial charge in [0, 0.05) is 24.9 Å². The number of carbonyl (C=O) groups excluding carboxylic acids is 1. The van der Waals surface area contributed by atoms with Crippen LogP contribution in [0.25, 0.3) is 0 Å². The van der Waals surface area contributed by atoms with Crippen LogP contribution in [0.1, 0.15) is 24.3 Å². The van der Waals surface area contributed by atoms with Crippen LogP contribution in [0.2, 0.25) is 0 Å². The van der Waals surface area contributed by atoms with Crippen molar-refractivity contribution in [3.05, 3.63) is 21.9 Å². The van der Waals surface area contributed by atoms with E-state index < -0.39 is 17.5 Å². The molecule has 1 aromatic rings. The van der Waals surface area contributed by atoms with Crippen LogP contribution < -0.4 is 5.32 Å². The van der Waals surface area contributed by atoms with E-state index in [1.807, 2.05) is 18.4 Å². The molecule has 0 bridgehead atoms. The average Bonchev–Trinajstić information content (AvgIpc) is 2.95. The van der Waals surface area contributed by atoms with Gasteiger partial charge in [0.05, 0.1) is 19.1 Å². The second kappa shape index (κ2) is 6.66. The first-order valence-electron chi connectivity index (χ1n) is 7.26. The predicted molar refractivity (Wildman–Crippen MR) is 84.2 cm³/mol. The molecule has 0 spiro atoms. The number of carboxylic acid groups (broad SMARTS) is 1. The quantitative estimate of drug-likeness (QED) is 0.866. The van der Waals surface area contributed by atoms with Gasteiger partial charge in [-0.1, -0.05) is 6.92 Å². The van der Waals surface area contributed by atoms with Crippen molar-refractivity contribution in [3.63, 3.8) is 0 Å². The summed E-state index contributed by atoms with van der Waals surface area (Å²) in [5, 5.41) is 13.8. The average molecular weight is 326 g/mol. The lowest BCUT2D eigenvalue weighted by molar-refractivity contribution is -0.141. The largest absolute Gasteiger partial charge is 0.481 e. The number of ether oxygens (including phenoxy) is 1. The normalized spacial score (nSPS) is 21.8. The van der Waals surface area contributed by atoms with Gasteiger partial charge in [0.2, 0.25) is 0 Å². The Morgan fingerprint density at radius 2 is 2.32 bits per heavy atom. The zero-order valence-electron chi connectivity index (χ0n) is 13.1. The molecule has 2 rings (SSSR count). The van der Waals surface area contributed by atoms with Crippen LogP contribution in [0.3, 0.4) is 0 Å². The van der Waals surface area contributed by atoms with Gasteiger partial charge in [0.1, 0.15) is 5.60 Å². The van der Waals surface area contributed by atoms with E-state index in [9.17, 15) is 9.59 Å². The summed E-state index contributed by atoms with van der Waals surface area (Å²) in [5.74, 6) is -1.51. The summed E-state index contributed by atoms with van der Waals surface area (Å²) in [4.78, 5) is 25.6. The summed E-state index contributed by atoms with van der Waals surface area (Å²) < 4.78 is 5.88. The van der Waals surface area contributed by atoms with Gasteiger partial charge < -0.3 is 20.1 Å². The van der Waals surface area contributed by atoms with Gasteiger partial charge in [-0.05, 0) is 23.9 Å². The summed E-state index contributed by atoms with van der Waals surface area (Å²) in [5.41, 5.74) is 0.605. The number of rotatable bonds is 5. The number of hydrogen-bond acceptors (Lipinski definition) is 4. The molecule has 0 saturated heterocycles. The predicted octanol–water partition coefficient (Wildman–Crippen LogP) is 1.90. The molecule has 2 atom stereocenters. The van der Waals surface area contributed by atoms with Crippen molar-refractivity contribution < 1.29 is 19.4 Å². The lowest BCUT2D eigenvalue weighted by Gasteiger charge is -2.35. The summed E-state index contributed by atoms with van der Waals surface area (Å²) in [7, 11) is 1.59. The molecule has 6 nitrogen and oxygen atoms in total. The Morgan fingerprint density at radius 1 is 1.59 bits per heavy atom. The van der Waals surface area contributed by atoms with E-state index in [1.54, 1.807) is 25.3 Å². The molecular weight excluding hydrogens is 304 g/mol. The number of nitrogens with one attached hydrogen (secondary N) is 1. The van der Waals surface area contributed by atoms with E-state index in [0.717, 1.165) is 12.0 Å². The lowest BCUT2D eigenvalue weighted by atomic mass is 9.93. The van der Waals surface area contributed by atoms with E-state index in [1.165, 1.54) is 9.78 Å². The zero-order valence-corrected chi connectivity index (χ0v) is 13.9. The fourth-order valence-corrected chi connectivity index (χ4v) is 3.53. The third kappa shape index (κ3) is 3.59. The first-order chi connectivity index (χ1) is 10.3. The number of nitrogens with zero attached hydrogens (tertiary/aromatic N) is 1. The Morgan fingerprint density at radius 3 is 3.00 bits per heavy atom. The first kappa shape index (κ1) is 16.8. The standard InChI is InChI=1S/C15H22N2O4S/c1-10(13(18)19)8-17(3)14(20)16-9-15(2)11-5-7-22-12(11)4-6-21-15/h5,7,10H,4,6,8-9H2,1-3H3,(H,16,20)(H,18,19). The Kier molecular flexibility index (Phi) is 5.08. The summed E-state index contributed by atoms with van der Waals surface area (Å²) in [6.07, 6.45) is 0.909. The third-order valence-electron chi connectivity index (χ3n) is 3.96. The zero-order chi connectivity index (χ0) is 16.3. The van der Waals surface area contributed by atoms with Crippen molar-refractivity contribution in [2.45, 2.75) is 25.9 Å². The molecule has 0 radical (unpaired) electrons. The van der Waals surface area contributed by atoms with Crippen LogP contribution in [-0.4, -0.2) is 48.8 Å². The molecular formula is C15H22N2O4S. The number of urea groups is 1. The number of amides is 2. The molecule has 1 aliphatic heterocycles. The molecule has 2 amide bonds. The second-order valence-electron chi connectivity index (χ2n) is 5.87. The highest BCUT2D eigenvalue weighted by atomic mass is 32.1. The minimum Gasteiger partial charge on any atom is -0.481 e. The molecule has 1 aromatic heterocycles. The van der Waals surface area contributed by atoms with Crippen molar-refractivity contribution in [2.75, 3.05) is 26.7 Å². The number of fused-ring (bicyclic) bond motifs is 1. The monoisotopic (exact) mass is 326 g/mol. The van der Waals surface area contributed by atoms with Gasteiger partial charge in [-0.3, -0.25) is 4.79 Å². The number of carbonyl (C=O) groups is 2. The van der Waals surface area contributed by atoms with Crippen LogP contribution in [0.4, 0.5) is 4.79 Å². The van der Waals surface area contributed by atoms with Crippen LogP contribution in [0.5, 0.6) is 0 Å². The Balaban J connectivity index is 1.93. The highest BCUT2D eigenvalue weighted by molar-refractivity contribution is 7.10. The molecule has 0 saturated carbocycles. The molecule has 22 heavy (non-hydrogen) atoms. The van der Waals surface area contributed by atoms with Crippen LogP contribution >= 0.6 is 11.3 Å². The highest BCUT2D eigenvalue weighted by Gasteiger charge is 2.34. The fraction of sp³-hybridized carbons (Fsp3) is 0.600. The van der Waals surface area contributed by atoms with Gasteiger partial charge in [-0.2, -0.15) is 0 Å². The lowest BCUT2D eigenvalue weighted by Crippen LogP contribution is -2.47. The van der Waals surface area contributed by atoms with Gasteiger partial charge in [0.25, 0.3) is 0 Å². The smallest absolute Gasteiger partial charge is 0.317 e. The Bertz CT molecular complexity index is 559. The van der Waals surface area contributed by atoms with Crippen LogP contribution in [0.15, 0.2) is 11.4 Å². The van der Waals surface area contributed by atoms with Crippen molar-refractivity contribution in [1.29, 1.82) is 0 Å². The minimum atomic E-state index is -0.912. The topological polar surface area (TPSA) is 78.9 Å². The molecule has 2 unspecified atom stereocenters. The molecule has 0 aliphatic carbocycles. The number of thiophene rings is 1. The fourth-order valence-electron chi connectivity index (χ4n) is 2.55. The van der Waals surface area contributed by atoms with Gasteiger partial charge in [-0.15, -0.1) is 11.3 Å². The maximum atomic E-state index is 12.1. The highest BCUT2D eigenvalue weighted by Crippen LogP contribution is 2.35. The van der Waals surface area contributed by atoms with E-state index in [2.05, 4.69) is 5.32 Å². The van der Waals surface area contributed by atoms with Crippen molar-refractivity contribution in [1.82, 2.24) is 10.2 Å². The van der Waals surface area contributed by atoms with E-state index in [4.69, 9.17) is 9.84 Å². The number of hydrogen-bond donors (Lipinski definition) is 2. The van der Waals surface area contributed by atoms with E-state index >= 15 is 0 Å². The SMILES string of the molecule is CC(CN(C)C(=O)NCC1(C)OCCc2sccc21)C(=O)O. The summed E-state index contributed by atoms with van der Waals surface area (Å²) in [6.45, 7) is 4.72. The number of carboxylic acids is 1. The molecule has 122 valence electrons.